The monoisotopic (exact) mass is 368 g/mol. The number of likely N-dealkylation sites (N-methyl/N-ethyl adjacent to an activating group) is 1. The van der Waals surface area contributed by atoms with Gasteiger partial charge < -0.3 is 15.0 Å². The van der Waals surface area contributed by atoms with Gasteiger partial charge in [-0.2, -0.15) is 0 Å². The summed E-state index contributed by atoms with van der Waals surface area (Å²) < 4.78 is 5.27. The number of carbonyl (C=O) groups is 2. The molecule has 5 heteroatoms. The molecule has 2 aromatic rings. The third-order valence-corrected chi connectivity index (χ3v) is 4.61. The van der Waals surface area contributed by atoms with Crippen molar-refractivity contribution in [3.8, 4) is 5.75 Å². The Morgan fingerprint density at radius 2 is 1.89 bits per heavy atom. The maximum atomic E-state index is 13.1. The number of ether oxygens (including phenoxy) is 1. The molecule has 0 aliphatic carbocycles. The van der Waals surface area contributed by atoms with E-state index in [1.807, 2.05) is 62.4 Å². The van der Waals surface area contributed by atoms with Gasteiger partial charge in [-0.1, -0.05) is 36.4 Å². The van der Waals surface area contributed by atoms with Crippen LogP contribution in [0.4, 0.5) is 0 Å². The van der Waals surface area contributed by atoms with E-state index in [4.69, 9.17) is 4.74 Å². The molecule has 27 heavy (non-hydrogen) atoms. The minimum absolute atomic E-state index is 0.0779. The van der Waals surface area contributed by atoms with Gasteiger partial charge in [0, 0.05) is 13.1 Å². The molecule has 0 aliphatic heterocycles. The van der Waals surface area contributed by atoms with Crippen LogP contribution < -0.4 is 10.1 Å². The molecule has 0 aromatic heterocycles. The van der Waals surface area contributed by atoms with Gasteiger partial charge in [0.25, 0.3) is 0 Å². The first-order valence-corrected chi connectivity index (χ1v) is 9.20. The first kappa shape index (κ1) is 20.5. The van der Waals surface area contributed by atoms with E-state index in [1.165, 1.54) is 0 Å². The number of amides is 2. The summed E-state index contributed by atoms with van der Waals surface area (Å²) in [6.45, 7) is 6.50. The highest BCUT2D eigenvalue weighted by molar-refractivity contribution is 5.88. The smallest absolute Gasteiger partial charge is 0.242 e. The molecule has 1 atom stereocenters. The number of rotatable bonds is 8. The molecule has 0 spiro atoms. The maximum Gasteiger partial charge on any atom is 0.242 e. The van der Waals surface area contributed by atoms with Crippen LogP contribution in [0.1, 0.15) is 30.5 Å². The zero-order valence-electron chi connectivity index (χ0n) is 16.5. The lowest BCUT2D eigenvalue weighted by Crippen LogP contribution is -2.48. The van der Waals surface area contributed by atoms with Crippen LogP contribution >= 0.6 is 0 Å². The number of carbonyl (C=O) groups excluding carboxylic acids is 2. The second-order valence-corrected chi connectivity index (χ2v) is 6.55. The fraction of sp³-hybridized carbons (Fsp3) is 0.364. The number of hydrogen-bond donors (Lipinski definition) is 1. The molecular weight excluding hydrogens is 340 g/mol. The van der Waals surface area contributed by atoms with Gasteiger partial charge >= 0.3 is 0 Å². The fourth-order valence-electron chi connectivity index (χ4n) is 2.94. The highest BCUT2D eigenvalue weighted by Gasteiger charge is 2.26. The summed E-state index contributed by atoms with van der Waals surface area (Å²) in [7, 11) is 1.61. The molecule has 2 aromatic carbocycles. The van der Waals surface area contributed by atoms with E-state index in [0.717, 1.165) is 22.4 Å². The summed E-state index contributed by atoms with van der Waals surface area (Å²) in [5.41, 5.74) is 2.96. The van der Waals surface area contributed by atoms with Crippen LogP contribution in [0.15, 0.2) is 48.5 Å². The van der Waals surface area contributed by atoms with Gasteiger partial charge in [-0.25, -0.2) is 0 Å². The number of nitrogens with zero attached hydrogens (tertiary/aromatic N) is 1. The SMILES string of the molecule is CCNC(=O)C(C)N(Cc1cccc(OC)c1)C(=O)Cc1ccccc1C. The van der Waals surface area contributed by atoms with Crippen LogP contribution in [0.2, 0.25) is 0 Å². The summed E-state index contributed by atoms with van der Waals surface area (Å²) in [6.07, 6.45) is 0.264. The largest absolute Gasteiger partial charge is 0.497 e. The number of aryl methyl sites for hydroxylation is 1. The van der Waals surface area contributed by atoms with Crippen molar-refractivity contribution in [2.75, 3.05) is 13.7 Å². The molecule has 0 heterocycles. The Hall–Kier alpha value is -2.82. The van der Waals surface area contributed by atoms with Gasteiger partial charge in [0.05, 0.1) is 13.5 Å². The number of methoxy groups -OCH3 is 1. The molecule has 1 unspecified atom stereocenters. The molecule has 144 valence electrons. The number of nitrogens with one attached hydrogen (secondary N) is 1. The van der Waals surface area contributed by atoms with E-state index in [9.17, 15) is 9.59 Å². The Morgan fingerprint density at radius 1 is 1.15 bits per heavy atom. The zero-order chi connectivity index (χ0) is 19.8. The lowest BCUT2D eigenvalue weighted by molar-refractivity contribution is -0.140. The van der Waals surface area contributed by atoms with Gasteiger partial charge in [0.2, 0.25) is 11.8 Å². The first-order chi connectivity index (χ1) is 13.0. The Bertz CT molecular complexity index is 789. The van der Waals surface area contributed by atoms with E-state index in [2.05, 4.69) is 5.32 Å². The lowest BCUT2D eigenvalue weighted by Gasteiger charge is -2.29. The minimum atomic E-state index is -0.562. The number of hydrogen-bond acceptors (Lipinski definition) is 3. The van der Waals surface area contributed by atoms with Crippen molar-refractivity contribution >= 4 is 11.8 Å². The molecule has 0 saturated heterocycles. The summed E-state index contributed by atoms with van der Waals surface area (Å²) in [4.78, 5) is 27.1. The molecule has 5 nitrogen and oxygen atoms in total. The van der Waals surface area contributed by atoms with E-state index in [-0.39, 0.29) is 18.2 Å². The van der Waals surface area contributed by atoms with Crippen molar-refractivity contribution in [2.24, 2.45) is 0 Å². The molecule has 2 rings (SSSR count). The Kier molecular flexibility index (Phi) is 7.41. The van der Waals surface area contributed by atoms with Crippen LogP contribution in [0.25, 0.3) is 0 Å². The van der Waals surface area contributed by atoms with Gasteiger partial charge in [-0.05, 0) is 49.6 Å². The van der Waals surface area contributed by atoms with Crippen molar-refractivity contribution in [2.45, 2.75) is 39.8 Å². The third-order valence-electron chi connectivity index (χ3n) is 4.61. The van der Waals surface area contributed by atoms with Gasteiger partial charge in [0.1, 0.15) is 11.8 Å². The number of benzene rings is 2. The second kappa shape index (κ2) is 9.76. The predicted molar refractivity (Wildman–Crippen MR) is 107 cm³/mol. The van der Waals surface area contributed by atoms with Crippen molar-refractivity contribution in [1.29, 1.82) is 0 Å². The molecule has 0 bridgehead atoms. The van der Waals surface area contributed by atoms with E-state index >= 15 is 0 Å². The summed E-state index contributed by atoms with van der Waals surface area (Å²) in [5.74, 6) is 0.494. The van der Waals surface area contributed by atoms with Crippen molar-refractivity contribution in [3.05, 3.63) is 65.2 Å². The van der Waals surface area contributed by atoms with E-state index in [1.54, 1.807) is 18.9 Å². The standard InChI is InChI=1S/C22H28N2O3/c1-5-23-22(26)17(3)24(15-18-10-8-12-20(13-18)27-4)21(25)14-19-11-7-6-9-16(19)2/h6-13,17H,5,14-15H2,1-4H3,(H,23,26). The molecule has 0 saturated carbocycles. The van der Waals surface area contributed by atoms with E-state index in [0.29, 0.717) is 13.1 Å². The Morgan fingerprint density at radius 3 is 2.56 bits per heavy atom. The van der Waals surface area contributed by atoms with E-state index < -0.39 is 6.04 Å². The van der Waals surface area contributed by atoms with Crippen molar-refractivity contribution in [3.63, 3.8) is 0 Å². The fourth-order valence-corrected chi connectivity index (χ4v) is 2.94. The quantitative estimate of drug-likeness (QED) is 0.779. The topological polar surface area (TPSA) is 58.6 Å². The maximum absolute atomic E-state index is 13.1. The first-order valence-electron chi connectivity index (χ1n) is 9.20. The van der Waals surface area contributed by atoms with Gasteiger partial charge in [-0.3, -0.25) is 9.59 Å². The average molecular weight is 368 g/mol. The van der Waals surface area contributed by atoms with Crippen LogP contribution in [0.3, 0.4) is 0 Å². The molecule has 2 amide bonds. The highest BCUT2D eigenvalue weighted by Crippen LogP contribution is 2.18. The lowest BCUT2D eigenvalue weighted by atomic mass is 10.0. The Labute approximate surface area is 161 Å². The van der Waals surface area contributed by atoms with Crippen molar-refractivity contribution in [1.82, 2.24) is 10.2 Å². The third kappa shape index (κ3) is 5.58. The second-order valence-electron chi connectivity index (χ2n) is 6.55. The van der Waals surface area contributed by atoms with Crippen LogP contribution in [-0.2, 0) is 22.6 Å². The summed E-state index contributed by atoms with van der Waals surface area (Å²) in [5, 5.41) is 2.81. The molecule has 0 fully saturated rings. The van der Waals surface area contributed by atoms with Gasteiger partial charge in [0.15, 0.2) is 0 Å². The zero-order valence-corrected chi connectivity index (χ0v) is 16.5. The predicted octanol–water partition coefficient (Wildman–Crippen LogP) is 3.10. The molecule has 0 aliphatic rings. The van der Waals surface area contributed by atoms with Crippen LogP contribution in [0, 0.1) is 6.92 Å². The molecule has 1 N–H and O–H groups in total. The highest BCUT2D eigenvalue weighted by atomic mass is 16.5. The average Bonchev–Trinajstić information content (AvgIpc) is 2.67. The minimum Gasteiger partial charge on any atom is -0.497 e. The van der Waals surface area contributed by atoms with Crippen LogP contribution in [0.5, 0.6) is 5.75 Å². The molecule has 0 radical (unpaired) electrons. The molecular formula is C22H28N2O3. The summed E-state index contributed by atoms with van der Waals surface area (Å²) in [6, 6.07) is 14.8. The normalized spacial score (nSPS) is 11.6. The Balaban J connectivity index is 2.26. The van der Waals surface area contributed by atoms with Gasteiger partial charge in [-0.15, -0.1) is 0 Å². The summed E-state index contributed by atoms with van der Waals surface area (Å²) >= 11 is 0. The van der Waals surface area contributed by atoms with Crippen LogP contribution in [-0.4, -0.2) is 36.4 Å². The van der Waals surface area contributed by atoms with Crippen molar-refractivity contribution < 1.29 is 14.3 Å².